The van der Waals surface area contributed by atoms with E-state index in [0.717, 1.165) is 11.1 Å². The zero-order valence-corrected chi connectivity index (χ0v) is 20.7. The van der Waals surface area contributed by atoms with Crippen molar-refractivity contribution in [3.63, 3.8) is 0 Å². The van der Waals surface area contributed by atoms with Crippen molar-refractivity contribution < 1.29 is 33.8 Å². The average molecular weight is 520 g/mol. The van der Waals surface area contributed by atoms with Crippen molar-refractivity contribution in [2.75, 3.05) is 5.88 Å². The van der Waals surface area contributed by atoms with E-state index in [2.05, 4.69) is 10.6 Å². The minimum Gasteiger partial charge on any atom is -0.480 e. The van der Waals surface area contributed by atoms with Gasteiger partial charge in [0.05, 0.1) is 11.9 Å². The van der Waals surface area contributed by atoms with Gasteiger partial charge in [-0.05, 0) is 31.4 Å². The molecule has 0 fully saturated rings. The molecule has 2 aromatic carbocycles. The molecule has 36 heavy (non-hydrogen) atoms. The summed E-state index contributed by atoms with van der Waals surface area (Å²) >= 11 is 5.29. The highest BCUT2D eigenvalue weighted by Gasteiger charge is 2.24. The third-order valence-corrected chi connectivity index (χ3v) is 4.95. The fourth-order valence-electron chi connectivity index (χ4n) is 2.67. The van der Waals surface area contributed by atoms with Crippen LogP contribution in [-0.2, 0) is 36.9 Å². The lowest BCUT2D eigenvalue weighted by atomic mass is 10.1. The van der Waals surface area contributed by atoms with E-state index in [1.165, 1.54) is 13.8 Å². The number of carbonyl (C=O) groups is 5. The van der Waals surface area contributed by atoms with E-state index in [4.69, 9.17) is 27.2 Å². The van der Waals surface area contributed by atoms with E-state index >= 15 is 0 Å². The largest absolute Gasteiger partial charge is 0.480 e. The van der Waals surface area contributed by atoms with Gasteiger partial charge in [0, 0.05) is 0 Å². The third-order valence-electron chi connectivity index (χ3n) is 4.70. The Morgan fingerprint density at radius 3 is 1.92 bits per heavy atom. The first-order chi connectivity index (χ1) is 17.0. The number of carbonyl (C=O) groups excluding carboxylic acids is 4. The Labute approximate surface area is 214 Å². The molecular formula is C25H30ClN3O7. The Kier molecular flexibility index (Phi) is 13.5. The Balaban J connectivity index is 0.000000450. The predicted octanol–water partition coefficient (Wildman–Crippen LogP) is 1.82. The Bertz CT molecular complexity index is 1020. The molecule has 0 saturated carbocycles. The summed E-state index contributed by atoms with van der Waals surface area (Å²) in [6.45, 7) is 2.87. The van der Waals surface area contributed by atoms with Crippen LogP contribution in [0.15, 0.2) is 60.7 Å². The molecule has 0 radical (unpaired) electrons. The van der Waals surface area contributed by atoms with Crippen molar-refractivity contribution in [1.82, 2.24) is 10.6 Å². The maximum Gasteiger partial charge on any atom is 0.408 e. The molecular weight excluding hydrogens is 490 g/mol. The molecule has 0 aliphatic heterocycles. The molecule has 2 rings (SSSR count). The smallest absolute Gasteiger partial charge is 0.408 e. The average Bonchev–Trinajstić information content (AvgIpc) is 2.87. The highest BCUT2D eigenvalue weighted by molar-refractivity contribution is 6.48. The maximum absolute atomic E-state index is 11.9. The van der Waals surface area contributed by atoms with Crippen molar-refractivity contribution in [3.8, 4) is 0 Å². The van der Waals surface area contributed by atoms with Crippen molar-refractivity contribution in [2.24, 2.45) is 5.73 Å². The van der Waals surface area contributed by atoms with Crippen LogP contribution < -0.4 is 16.4 Å². The molecule has 0 bridgehead atoms. The summed E-state index contributed by atoms with van der Waals surface area (Å²) in [5.41, 5.74) is 7.11. The molecule has 3 atom stereocenters. The van der Waals surface area contributed by atoms with Gasteiger partial charge >= 0.3 is 12.1 Å². The second-order valence-electron chi connectivity index (χ2n) is 7.71. The van der Waals surface area contributed by atoms with Crippen molar-refractivity contribution >= 4 is 41.1 Å². The standard InChI is InChI=1S/C16H19ClN2O5.C9H11NO2/c1-10(14(21)13(20)8-17)18-15(22)11(2)19-16(23)24-9-12-6-4-3-5-7-12;10-8(9(11)12)6-7-4-2-1-3-5-7/h3-7,10-11H,8-9H2,1-2H3,(H,18,22)(H,19,23);1-5,8H,6,10H2,(H,11,12). The number of nitrogens with two attached hydrogens (primary N) is 1. The number of hydrogen-bond acceptors (Lipinski definition) is 7. The summed E-state index contributed by atoms with van der Waals surface area (Å²) in [4.78, 5) is 56.7. The number of ether oxygens (including phenoxy) is 1. The van der Waals surface area contributed by atoms with Gasteiger partial charge in [0.25, 0.3) is 0 Å². The number of carboxylic acid groups (broad SMARTS) is 1. The summed E-state index contributed by atoms with van der Waals surface area (Å²) < 4.78 is 4.99. The van der Waals surface area contributed by atoms with E-state index in [1.54, 1.807) is 12.1 Å². The quantitative estimate of drug-likeness (QED) is 0.258. The Morgan fingerprint density at radius 2 is 1.42 bits per heavy atom. The van der Waals surface area contributed by atoms with Gasteiger partial charge in [0.2, 0.25) is 17.5 Å². The molecule has 3 unspecified atom stereocenters. The van der Waals surface area contributed by atoms with Crippen molar-refractivity contribution in [3.05, 3.63) is 71.8 Å². The van der Waals surface area contributed by atoms with Crippen molar-refractivity contribution in [2.45, 2.75) is 45.0 Å². The summed E-state index contributed by atoms with van der Waals surface area (Å²) in [5.74, 6) is -3.60. The lowest BCUT2D eigenvalue weighted by molar-refractivity contribution is -0.138. The second kappa shape index (κ2) is 16.0. The number of amides is 2. The number of aliphatic carboxylic acids is 1. The number of carboxylic acids is 1. The van der Waals surface area contributed by atoms with Crippen LogP contribution in [0.5, 0.6) is 0 Å². The third kappa shape index (κ3) is 11.6. The lowest BCUT2D eigenvalue weighted by Crippen LogP contribution is -2.50. The minimum absolute atomic E-state index is 0.0696. The topological polar surface area (TPSA) is 165 Å². The van der Waals surface area contributed by atoms with E-state index in [-0.39, 0.29) is 6.61 Å². The number of hydrogen-bond donors (Lipinski definition) is 4. The summed E-state index contributed by atoms with van der Waals surface area (Å²) in [6, 6.07) is 15.6. The number of Topliss-reactive ketones (excluding diaryl/α,β-unsaturated/α-hetero) is 2. The number of alkyl carbamates (subject to hydrolysis) is 1. The monoisotopic (exact) mass is 519 g/mol. The number of rotatable bonds is 11. The van der Waals surface area contributed by atoms with E-state index in [9.17, 15) is 24.0 Å². The molecule has 0 aliphatic carbocycles. The fourth-order valence-corrected chi connectivity index (χ4v) is 2.81. The van der Waals surface area contributed by atoms with Crippen LogP contribution in [0.25, 0.3) is 0 Å². The van der Waals surface area contributed by atoms with Gasteiger partial charge in [-0.2, -0.15) is 0 Å². The molecule has 194 valence electrons. The highest BCUT2D eigenvalue weighted by atomic mass is 35.5. The molecule has 2 amide bonds. The van der Waals surface area contributed by atoms with E-state index in [0.29, 0.717) is 6.42 Å². The van der Waals surface area contributed by atoms with Crippen LogP contribution in [0, 0.1) is 0 Å². The summed E-state index contributed by atoms with van der Waals surface area (Å²) in [7, 11) is 0. The summed E-state index contributed by atoms with van der Waals surface area (Å²) in [5, 5.41) is 13.2. The number of nitrogens with one attached hydrogen (secondary N) is 2. The first-order valence-electron chi connectivity index (χ1n) is 11.0. The zero-order valence-electron chi connectivity index (χ0n) is 20.0. The zero-order chi connectivity index (χ0) is 27.1. The van der Waals surface area contributed by atoms with Crippen molar-refractivity contribution in [1.29, 1.82) is 0 Å². The normalized spacial score (nSPS) is 12.6. The number of ketones is 2. The van der Waals surface area contributed by atoms with Gasteiger partial charge in [-0.15, -0.1) is 11.6 Å². The second-order valence-corrected chi connectivity index (χ2v) is 7.98. The van der Waals surface area contributed by atoms with Crippen LogP contribution in [-0.4, -0.2) is 58.6 Å². The highest BCUT2D eigenvalue weighted by Crippen LogP contribution is 2.02. The lowest BCUT2D eigenvalue weighted by Gasteiger charge is -2.17. The fraction of sp³-hybridized carbons (Fsp3) is 0.320. The molecule has 5 N–H and O–H groups in total. The molecule has 0 aromatic heterocycles. The van der Waals surface area contributed by atoms with Gasteiger partial charge in [-0.3, -0.25) is 19.2 Å². The predicted molar refractivity (Wildman–Crippen MR) is 133 cm³/mol. The number of halogens is 1. The van der Waals surface area contributed by atoms with Crippen LogP contribution in [0.2, 0.25) is 0 Å². The van der Waals surface area contributed by atoms with Gasteiger partial charge < -0.3 is 26.2 Å². The SMILES string of the molecule is CC(NC(=O)OCc1ccccc1)C(=O)NC(C)C(=O)C(=O)CCl.NC(Cc1ccccc1)C(=O)O. The van der Waals surface area contributed by atoms with Gasteiger partial charge in [0.1, 0.15) is 18.7 Å². The van der Waals surface area contributed by atoms with E-state index in [1.807, 2.05) is 48.5 Å². The Hall–Kier alpha value is -3.76. The minimum atomic E-state index is -1.02. The molecule has 0 spiro atoms. The van der Waals surface area contributed by atoms with Gasteiger partial charge in [-0.1, -0.05) is 60.7 Å². The van der Waals surface area contributed by atoms with Crippen LogP contribution in [0.3, 0.4) is 0 Å². The molecule has 2 aromatic rings. The molecule has 10 nitrogen and oxygen atoms in total. The molecule has 0 saturated heterocycles. The van der Waals surface area contributed by atoms with Crippen LogP contribution in [0.4, 0.5) is 4.79 Å². The first kappa shape index (κ1) is 30.3. The van der Waals surface area contributed by atoms with Gasteiger partial charge in [0.15, 0.2) is 0 Å². The first-order valence-corrected chi connectivity index (χ1v) is 11.5. The van der Waals surface area contributed by atoms with E-state index < -0.39 is 53.5 Å². The molecule has 11 heteroatoms. The van der Waals surface area contributed by atoms with Gasteiger partial charge in [-0.25, -0.2) is 4.79 Å². The summed E-state index contributed by atoms with van der Waals surface area (Å²) in [6.07, 6.45) is -0.381. The molecule has 0 aliphatic rings. The molecule has 0 heterocycles. The number of alkyl halides is 1. The Morgan fingerprint density at radius 1 is 0.889 bits per heavy atom. The van der Waals surface area contributed by atoms with Crippen LogP contribution in [0.1, 0.15) is 25.0 Å². The number of benzene rings is 2. The maximum atomic E-state index is 11.9. The van der Waals surface area contributed by atoms with Crippen LogP contribution >= 0.6 is 11.6 Å².